The van der Waals surface area contributed by atoms with Crippen molar-refractivity contribution in [3.8, 4) is 0 Å². The average Bonchev–Trinajstić information content (AvgIpc) is 2.99. The molecule has 8 nitrogen and oxygen atoms in total. The molecule has 0 fully saturated rings. The van der Waals surface area contributed by atoms with Gasteiger partial charge in [0.15, 0.2) is 0 Å². The molecule has 0 aliphatic rings. The number of nitrogens with one attached hydrogen (secondary N) is 2. The molecule has 0 amide bonds. The van der Waals surface area contributed by atoms with Gasteiger partial charge in [-0.3, -0.25) is 0 Å². The molecule has 4 N–H and O–H groups in total. The fourth-order valence-corrected chi connectivity index (χ4v) is 3.21. The summed E-state index contributed by atoms with van der Waals surface area (Å²) >= 11 is 11.1. The Balaban J connectivity index is -0.000000436. The molecule has 32 heavy (non-hydrogen) atoms. The van der Waals surface area contributed by atoms with E-state index < -0.39 is 0 Å². The standard InChI is InChI=1S/C9H12N4S.C7H7ClN4.C2H6S.3CH4/c1-3-11-8-6-7(10)5(2)14-9(6)13-4-12-8;1-3-10-7-5(9-2)6(8)11-4-12-7;1-2-3;;;/h4H,3,10H2,1-2H3,(H,11,12,13);4H,3H2,1H3,(H,10,11,12);3H,2H2,1H3;3*1H4. The zero-order chi connectivity index (χ0) is 21.8. The molecule has 0 spiro atoms. The van der Waals surface area contributed by atoms with E-state index in [4.69, 9.17) is 23.9 Å². The molecule has 0 aromatic carbocycles. The van der Waals surface area contributed by atoms with Gasteiger partial charge in [0.25, 0.3) is 5.69 Å². The third-order valence-electron chi connectivity index (χ3n) is 3.29. The van der Waals surface area contributed by atoms with Crippen LogP contribution in [0.25, 0.3) is 15.1 Å². The van der Waals surface area contributed by atoms with Crippen LogP contribution in [0.4, 0.5) is 23.0 Å². The Labute approximate surface area is 207 Å². The highest BCUT2D eigenvalue weighted by Gasteiger charge is 2.11. The molecule has 3 aromatic rings. The van der Waals surface area contributed by atoms with E-state index in [1.807, 2.05) is 27.7 Å². The molecule has 0 saturated carbocycles. The highest BCUT2D eigenvalue weighted by molar-refractivity contribution is 7.80. The van der Waals surface area contributed by atoms with Gasteiger partial charge in [-0.2, -0.15) is 12.6 Å². The molecular formula is C21H37ClN8S2. The van der Waals surface area contributed by atoms with E-state index in [1.54, 1.807) is 17.7 Å². The van der Waals surface area contributed by atoms with Gasteiger partial charge in [0.05, 0.1) is 17.6 Å². The SMILES string of the molecule is C.C.C.CCNc1ncnc2sc(C)c(N)c12.CCS.[C-]#[N+]c1c(Cl)ncnc1NCC. The molecule has 11 heteroatoms. The van der Waals surface area contributed by atoms with Crippen LogP contribution in [0.3, 0.4) is 0 Å². The fourth-order valence-electron chi connectivity index (χ4n) is 2.12. The minimum Gasteiger partial charge on any atom is -0.397 e. The van der Waals surface area contributed by atoms with Gasteiger partial charge in [-0.05, 0) is 26.5 Å². The summed E-state index contributed by atoms with van der Waals surface area (Å²) in [4.78, 5) is 21.2. The summed E-state index contributed by atoms with van der Waals surface area (Å²) in [6, 6.07) is 0. The second-order valence-electron chi connectivity index (χ2n) is 5.32. The number of thiophene rings is 1. The summed E-state index contributed by atoms with van der Waals surface area (Å²) in [5.41, 5.74) is 7.03. The van der Waals surface area contributed by atoms with Gasteiger partial charge in [0.2, 0.25) is 0 Å². The number of nitrogen functional groups attached to an aromatic ring is 1. The number of halogens is 1. The van der Waals surface area contributed by atoms with Crippen molar-refractivity contribution in [3.05, 3.63) is 34.1 Å². The number of thiol groups is 1. The Morgan fingerprint density at radius 2 is 1.53 bits per heavy atom. The number of aryl methyl sites for hydroxylation is 1. The zero-order valence-electron chi connectivity index (χ0n) is 16.8. The minimum atomic E-state index is 0. The lowest BCUT2D eigenvalue weighted by Gasteiger charge is -2.03. The van der Waals surface area contributed by atoms with E-state index in [2.05, 4.69) is 48.0 Å². The molecular weight excluding hydrogens is 464 g/mol. The van der Waals surface area contributed by atoms with Crippen LogP contribution >= 0.6 is 35.6 Å². The van der Waals surface area contributed by atoms with Crippen LogP contribution in [0.5, 0.6) is 0 Å². The highest BCUT2D eigenvalue weighted by atomic mass is 35.5. The summed E-state index contributed by atoms with van der Waals surface area (Å²) in [6.07, 6.45) is 2.89. The van der Waals surface area contributed by atoms with Crippen LogP contribution in [-0.2, 0) is 0 Å². The van der Waals surface area contributed by atoms with Crippen LogP contribution in [0.2, 0.25) is 5.15 Å². The van der Waals surface area contributed by atoms with Gasteiger partial charge in [0.1, 0.15) is 34.3 Å². The van der Waals surface area contributed by atoms with Crippen LogP contribution in [0.1, 0.15) is 47.9 Å². The van der Waals surface area contributed by atoms with E-state index >= 15 is 0 Å². The molecule has 0 aliphatic heterocycles. The molecule has 0 saturated heterocycles. The number of hydrogen-bond acceptors (Lipinski definition) is 9. The summed E-state index contributed by atoms with van der Waals surface area (Å²) in [5.74, 6) is 2.27. The largest absolute Gasteiger partial charge is 0.397 e. The smallest absolute Gasteiger partial charge is 0.264 e. The van der Waals surface area contributed by atoms with Gasteiger partial charge in [-0.1, -0.05) is 40.8 Å². The van der Waals surface area contributed by atoms with Gasteiger partial charge in [-0.25, -0.2) is 24.8 Å². The normalized spacial score (nSPS) is 8.66. The van der Waals surface area contributed by atoms with Crippen molar-refractivity contribution in [2.24, 2.45) is 0 Å². The predicted octanol–water partition coefficient (Wildman–Crippen LogP) is 6.97. The Morgan fingerprint density at radius 1 is 1.03 bits per heavy atom. The Morgan fingerprint density at radius 3 is 2.06 bits per heavy atom. The summed E-state index contributed by atoms with van der Waals surface area (Å²) in [5, 5.41) is 7.24. The average molecular weight is 501 g/mol. The minimum absolute atomic E-state index is 0. The number of rotatable bonds is 4. The lowest BCUT2D eigenvalue weighted by Crippen LogP contribution is -2.00. The molecule has 0 atom stereocenters. The number of hydrogen-bond donors (Lipinski definition) is 4. The second-order valence-corrected chi connectivity index (χ2v) is 7.52. The maximum atomic E-state index is 6.82. The van der Waals surface area contributed by atoms with Gasteiger partial charge in [-0.15, -0.1) is 11.3 Å². The van der Waals surface area contributed by atoms with Crippen molar-refractivity contribution in [1.29, 1.82) is 0 Å². The number of anilines is 3. The summed E-state index contributed by atoms with van der Waals surface area (Å²) in [6.45, 7) is 16.3. The van der Waals surface area contributed by atoms with E-state index in [0.717, 1.165) is 38.9 Å². The second kappa shape index (κ2) is 18.2. The first-order valence-corrected chi connectivity index (χ1v) is 10.7. The molecule has 180 valence electrons. The topological polar surface area (TPSA) is 106 Å². The molecule has 3 heterocycles. The maximum absolute atomic E-state index is 6.82. The summed E-state index contributed by atoms with van der Waals surface area (Å²) in [7, 11) is 0. The molecule has 0 aliphatic carbocycles. The predicted molar refractivity (Wildman–Crippen MR) is 148 cm³/mol. The zero-order valence-corrected chi connectivity index (χ0v) is 19.3. The van der Waals surface area contributed by atoms with Crippen molar-refractivity contribution in [2.75, 3.05) is 35.2 Å². The summed E-state index contributed by atoms with van der Waals surface area (Å²) < 4.78 is 0. The third-order valence-corrected chi connectivity index (χ3v) is 4.59. The number of nitrogens with two attached hydrogens (primary N) is 1. The molecule has 0 bridgehead atoms. The molecule has 3 aromatic heterocycles. The Bertz CT molecular complexity index is 957. The highest BCUT2D eigenvalue weighted by Crippen LogP contribution is 2.35. The van der Waals surface area contributed by atoms with Gasteiger partial charge in [0, 0.05) is 18.0 Å². The number of aromatic nitrogens is 4. The number of nitrogens with zero attached hydrogens (tertiary/aromatic N) is 5. The van der Waals surface area contributed by atoms with Crippen molar-refractivity contribution in [1.82, 2.24) is 19.9 Å². The van der Waals surface area contributed by atoms with Crippen LogP contribution in [0, 0.1) is 13.5 Å². The van der Waals surface area contributed by atoms with Crippen molar-refractivity contribution in [3.63, 3.8) is 0 Å². The van der Waals surface area contributed by atoms with E-state index in [-0.39, 0.29) is 33.1 Å². The van der Waals surface area contributed by atoms with Crippen LogP contribution in [-0.4, -0.2) is 38.8 Å². The Hall–Kier alpha value is -2.35. The molecule has 0 unspecified atom stereocenters. The Kier molecular flexibility index (Phi) is 19.5. The quantitative estimate of drug-likeness (QED) is 0.174. The van der Waals surface area contributed by atoms with E-state index in [1.165, 1.54) is 6.33 Å². The van der Waals surface area contributed by atoms with Crippen LogP contribution < -0.4 is 16.4 Å². The number of fused-ring (bicyclic) bond motifs is 1. The van der Waals surface area contributed by atoms with E-state index in [9.17, 15) is 0 Å². The lowest BCUT2D eigenvalue weighted by atomic mass is 10.3. The first kappa shape index (κ1) is 34.3. The molecule has 0 radical (unpaired) electrons. The first-order chi connectivity index (χ1) is 13.9. The first-order valence-electron chi connectivity index (χ1n) is 8.90. The van der Waals surface area contributed by atoms with E-state index in [0.29, 0.717) is 12.4 Å². The van der Waals surface area contributed by atoms with Crippen molar-refractivity contribution < 1.29 is 0 Å². The van der Waals surface area contributed by atoms with Gasteiger partial charge >= 0.3 is 0 Å². The fraction of sp³-hybridized carbons (Fsp3) is 0.476. The van der Waals surface area contributed by atoms with Gasteiger partial charge < -0.3 is 16.4 Å². The monoisotopic (exact) mass is 500 g/mol. The molecule has 3 rings (SSSR count). The lowest BCUT2D eigenvalue weighted by molar-refractivity contribution is 1.12. The third kappa shape index (κ3) is 9.42. The van der Waals surface area contributed by atoms with Crippen molar-refractivity contribution >= 4 is 68.8 Å². The van der Waals surface area contributed by atoms with Crippen molar-refractivity contribution in [2.45, 2.75) is 50.0 Å². The maximum Gasteiger partial charge on any atom is 0.264 e. The van der Waals surface area contributed by atoms with Crippen LogP contribution in [0.15, 0.2) is 12.7 Å².